The molecule has 0 spiro atoms. The van der Waals surface area contributed by atoms with Crippen molar-refractivity contribution in [1.29, 1.82) is 0 Å². The van der Waals surface area contributed by atoms with E-state index in [-0.39, 0.29) is 23.2 Å². The molecule has 0 saturated carbocycles. The van der Waals surface area contributed by atoms with Crippen molar-refractivity contribution >= 4 is 29.7 Å². The highest BCUT2D eigenvalue weighted by Gasteiger charge is 2.49. The number of carboxylic acid groups (broad SMARTS) is 1. The van der Waals surface area contributed by atoms with Gasteiger partial charge in [-0.15, -0.1) is 0 Å². The standard InChI is InChI=1S/C14H8N2O6/c17-10-6-5-9-12(19)16(14(22)15(9)10)11(18)7-1-3-8(4-2-7)13(20)21/h1-5H,6H2,(H,20,21). The fraction of sp³-hybridized carbons (Fsp3) is 0.0714. The number of urea groups is 1. The molecule has 0 unspecified atom stereocenters. The lowest BCUT2D eigenvalue weighted by Gasteiger charge is -2.12. The summed E-state index contributed by atoms with van der Waals surface area (Å²) in [6, 6.07) is 3.77. The molecule has 1 aromatic rings. The van der Waals surface area contributed by atoms with Gasteiger partial charge in [-0.3, -0.25) is 14.4 Å². The summed E-state index contributed by atoms with van der Waals surface area (Å²) in [4.78, 5) is 59.7. The fourth-order valence-corrected chi connectivity index (χ4v) is 2.26. The smallest absolute Gasteiger partial charge is 0.345 e. The minimum absolute atomic E-state index is 0.0269. The number of carbonyl (C=O) groups excluding carboxylic acids is 4. The highest BCUT2D eigenvalue weighted by Crippen LogP contribution is 2.28. The van der Waals surface area contributed by atoms with Gasteiger partial charge in [0.15, 0.2) is 0 Å². The SMILES string of the molecule is O=C(O)c1ccc(C(=O)N2C(=O)C3=CCC(=O)N3C2=O)cc1. The first-order valence-corrected chi connectivity index (χ1v) is 6.21. The van der Waals surface area contributed by atoms with Gasteiger partial charge in [-0.25, -0.2) is 14.5 Å². The van der Waals surface area contributed by atoms with Gasteiger partial charge in [-0.2, -0.15) is 4.90 Å². The minimum Gasteiger partial charge on any atom is -0.478 e. The number of hydrogen-bond donors (Lipinski definition) is 1. The van der Waals surface area contributed by atoms with E-state index in [0.717, 1.165) is 0 Å². The first kappa shape index (κ1) is 13.7. The van der Waals surface area contributed by atoms with Crippen LogP contribution >= 0.6 is 0 Å². The predicted molar refractivity (Wildman–Crippen MR) is 69.5 cm³/mol. The maximum absolute atomic E-state index is 12.3. The monoisotopic (exact) mass is 300 g/mol. The lowest BCUT2D eigenvalue weighted by atomic mass is 10.1. The molecular formula is C14H8N2O6. The fourth-order valence-electron chi connectivity index (χ4n) is 2.26. The Balaban J connectivity index is 1.92. The van der Waals surface area contributed by atoms with Crippen molar-refractivity contribution in [3.63, 3.8) is 0 Å². The molecular weight excluding hydrogens is 292 g/mol. The number of carboxylic acids is 1. The molecule has 2 aliphatic rings. The number of aromatic carboxylic acids is 1. The van der Waals surface area contributed by atoms with Crippen LogP contribution in [0.15, 0.2) is 36.0 Å². The Hall–Kier alpha value is -3.29. The van der Waals surface area contributed by atoms with Crippen LogP contribution in [0, 0.1) is 0 Å². The molecule has 8 heteroatoms. The summed E-state index contributed by atoms with van der Waals surface area (Å²) in [6.07, 6.45) is 1.24. The number of imide groups is 4. The van der Waals surface area contributed by atoms with E-state index in [0.29, 0.717) is 9.80 Å². The van der Waals surface area contributed by atoms with E-state index in [9.17, 15) is 24.0 Å². The van der Waals surface area contributed by atoms with Gasteiger partial charge in [0, 0.05) is 12.0 Å². The maximum Gasteiger partial charge on any atom is 0.345 e. The molecule has 0 atom stereocenters. The molecule has 0 radical (unpaired) electrons. The van der Waals surface area contributed by atoms with Crippen LogP contribution < -0.4 is 0 Å². The van der Waals surface area contributed by atoms with E-state index in [2.05, 4.69) is 0 Å². The van der Waals surface area contributed by atoms with Crippen LogP contribution in [0.2, 0.25) is 0 Å². The van der Waals surface area contributed by atoms with Gasteiger partial charge in [0.25, 0.3) is 11.8 Å². The number of nitrogens with zero attached hydrogens (tertiary/aromatic N) is 2. The van der Waals surface area contributed by atoms with Crippen LogP contribution in [0.1, 0.15) is 27.1 Å². The summed E-state index contributed by atoms with van der Waals surface area (Å²) in [5.41, 5.74) is -0.180. The summed E-state index contributed by atoms with van der Waals surface area (Å²) in [7, 11) is 0. The molecule has 22 heavy (non-hydrogen) atoms. The van der Waals surface area contributed by atoms with Crippen LogP contribution in [0.3, 0.4) is 0 Å². The summed E-state index contributed by atoms with van der Waals surface area (Å²) >= 11 is 0. The van der Waals surface area contributed by atoms with Gasteiger partial charge in [-0.05, 0) is 30.3 Å². The van der Waals surface area contributed by atoms with Crippen molar-refractivity contribution in [2.75, 3.05) is 0 Å². The van der Waals surface area contributed by atoms with Gasteiger partial charge in [0.1, 0.15) is 5.70 Å². The van der Waals surface area contributed by atoms with Gasteiger partial charge >= 0.3 is 12.0 Å². The molecule has 1 fully saturated rings. The highest BCUT2D eigenvalue weighted by atomic mass is 16.4. The number of fused-ring (bicyclic) bond motifs is 1. The van der Waals surface area contributed by atoms with Crippen molar-refractivity contribution in [2.45, 2.75) is 6.42 Å². The van der Waals surface area contributed by atoms with Crippen LogP contribution in [-0.4, -0.2) is 44.6 Å². The number of hydrogen-bond acceptors (Lipinski definition) is 5. The number of rotatable bonds is 2. The molecule has 0 aliphatic carbocycles. The predicted octanol–water partition coefficient (Wildman–Crippen LogP) is 0.603. The zero-order chi connectivity index (χ0) is 16.0. The van der Waals surface area contributed by atoms with Crippen molar-refractivity contribution in [3.8, 4) is 0 Å². The lowest BCUT2D eigenvalue weighted by Crippen LogP contribution is -2.39. The third-order valence-electron chi connectivity index (χ3n) is 3.35. The van der Waals surface area contributed by atoms with Crippen LogP contribution in [0.25, 0.3) is 0 Å². The molecule has 110 valence electrons. The molecule has 8 nitrogen and oxygen atoms in total. The average molecular weight is 300 g/mol. The third kappa shape index (κ3) is 1.81. The first-order valence-electron chi connectivity index (χ1n) is 6.21. The van der Waals surface area contributed by atoms with E-state index in [1.165, 1.54) is 30.3 Å². The summed E-state index contributed by atoms with van der Waals surface area (Å²) in [6.45, 7) is 0. The molecule has 1 aromatic carbocycles. The van der Waals surface area contributed by atoms with Crippen molar-refractivity contribution in [2.24, 2.45) is 0 Å². The van der Waals surface area contributed by atoms with Gasteiger partial charge < -0.3 is 5.11 Å². The van der Waals surface area contributed by atoms with E-state index < -0.39 is 29.7 Å². The highest BCUT2D eigenvalue weighted by molar-refractivity contribution is 6.29. The average Bonchev–Trinajstić information content (AvgIpc) is 2.99. The molecule has 3 rings (SSSR count). The second kappa shape index (κ2) is 4.62. The molecule has 2 heterocycles. The van der Waals surface area contributed by atoms with Crippen molar-refractivity contribution in [3.05, 3.63) is 47.2 Å². The van der Waals surface area contributed by atoms with Crippen molar-refractivity contribution in [1.82, 2.24) is 9.80 Å². The summed E-state index contributed by atoms with van der Waals surface area (Å²) < 4.78 is 0. The normalized spacial score (nSPS) is 16.9. The van der Waals surface area contributed by atoms with E-state index in [1.54, 1.807) is 0 Å². The van der Waals surface area contributed by atoms with Crippen LogP contribution in [-0.2, 0) is 9.59 Å². The van der Waals surface area contributed by atoms with Gasteiger partial charge in [0.05, 0.1) is 5.56 Å². The first-order chi connectivity index (χ1) is 10.4. The number of carbonyl (C=O) groups is 5. The van der Waals surface area contributed by atoms with Crippen molar-refractivity contribution < 1.29 is 29.1 Å². The van der Waals surface area contributed by atoms with E-state index in [1.807, 2.05) is 0 Å². The van der Waals surface area contributed by atoms with Crippen LogP contribution in [0.4, 0.5) is 4.79 Å². The molecule has 1 saturated heterocycles. The Kier molecular flexibility index (Phi) is 2.87. The minimum atomic E-state index is -1.16. The molecule has 0 aromatic heterocycles. The maximum atomic E-state index is 12.3. The molecule has 1 N–H and O–H groups in total. The number of amides is 5. The molecule has 2 aliphatic heterocycles. The zero-order valence-electron chi connectivity index (χ0n) is 11.0. The quantitative estimate of drug-likeness (QED) is 0.632. The summed E-state index contributed by atoms with van der Waals surface area (Å²) in [5, 5.41) is 8.79. The Morgan fingerprint density at radius 1 is 1.00 bits per heavy atom. The van der Waals surface area contributed by atoms with Crippen LogP contribution in [0.5, 0.6) is 0 Å². The van der Waals surface area contributed by atoms with E-state index in [4.69, 9.17) is 5.11 Å². The van der Waals surface area contributed by atoms with Gasteiger partial charge in [-0.1, -0.05) is 0 Å². The Morgan fingerprint density at radius 2 is 1.59 bits per heavy atom. The van der Waals surface area contributed by atoms with E-state index >= 15 is 0 Å². The molecule has 0 bridgehead atoms. The van der Waals surface area contributed by atoms with Gasteiger partial charge in [0.2, 0.25) is 5.91 Å². The second-order valence-corrected chi connectivity index (χ2v) is 4.63. The Labute approximate surface area is 123 Å². The second-order valence-electron chi connectivity index (χ2n) is 4.63. The number of benzene rings is 1. The zero-order valence-corrected chi connectivity index (χ0v) is 11.0. The topological polar surface area (TPSA) is 112 Å². The Bertz CT molecular complexity index is 777. The largest absolute Gasteiger partial charge is 0.478 e. The summed E-state index contributed by atoms with van der Waals surface area (Å²) in [5.74, 6) is -3.49. The lowest BCUT2D eigenvalue weighted by molar-refractivity contribution is -0.125. The third-order valence-corrected chi connectivity index (χ3v) is 3.35. The molecule has 5 amide bonds. The Morgan fingerprint density at radius 3 is 2.14 bits per heavy atom.